The standard InChI is InChI=1S/C30H19ClS/c31-24-16-14-21(15-17-24)20-10-12-23(13-11-20)29-25(22-6-2-1-3-7-22)18-19-28-30(29)26-8-4-5-9-27(26)32-28/h1-19H/i4D,5D,18D. The van der Waals surface area contributed by atoms with Gasteiger partial charge in [-0.2, -0.15) is 0 Å². The topological polar surface area (TPSA) is 0 Å². The van der Waals surface area contributed by atoms with E-state index in [0.717, 1.165) is 53.6 Å². The van der Waals surface area contributed by atoms with Crippen LogP contribution in [0.1, 0.15) is 4.11 Å². The molecule has 6 rings (SSSR count). The van der Waals surface area contributed by atoms with Gasteiger partial charge in [0.15, 0.2) is 0 Å². The summed E-state index contributed by atoms with van der Waals surface area (Å²) in [5, 5.41) is 2.70. The first-order valence-corrected chi connectivity index (χ1v) is 11.6. The first-order valence-electron chi connectivity index (χ1n) is 11.9. The van der Waals surface area contributed by atoms with Gasteiger partial charge in [-0.05, 0) is 57.6 Å². The van der Waals surface area contributed by atoms with Crippen LogP contribution in [0.2, 0.25) is 5.02 Å². The normalized spacial score (nSPS) is 12.6. The van der Waals surface area contributed by atoms with Crippen LogP contribution in [-0.2, 0) is 0 Å². The zero-order chi connectivity index (χ0) is 24.1. The third kappa shape index (κ3) is 3.31. The number of benzene rings is 5. The molecular weight excluding hydrogens is 428 g/mol. The van der Waals surface area contributed by atoms with Gasteiger partial charge in [0.05, 0.1) is 4.11 Å². The fourth-order valence-electron chi connectivity index (χ4n) is 4.24. The van der Waals surface area contributed by atoms with Gasteiger partial charge in [-0.3, -0.25) is 0 Å². The molecule has 0 spiro atoms. The first kappa shape index (κ1) is 16.3. The number of halogens is 1. The fourth-order valence-corrected chi connectivity index (χ4v) is 5.42. The van der Waals surface area contributed by atoms with Crippen molar-refractivity contribution in [1.29, 1.82) is 0 Å². The maximum Gasteiger partial charge on any atom is 0.0630 e. The van der Waals surface area contributed by atoms with Crippen molar-refractivity contribution in [3.05, 3.63) is 120 Å². The Morgan fingerprint density at radius 1 is 0.594 bits per heavy atom. The second-order valence-corrected chi connectivity index (χ2v) is 9.21. The molecular formula is C30H19ClS. The van der Waals surface area contributed by atoms with E-state index >= 15 is 0 Å². The minimum Gasteiger partial charge on any atom is -0.135 e. The highest BCUT2D eigenvalue weighted by Crippen LogP contribution is 2.45. The molecule has 32 heavy (non-hydrogen) atoms. The summed E-state index contributed by atoms with van der Waals surface area (Å²) in [6, 6.07) is 32.6. The van der Waals surface area contributed by atoms with E-state index in [9.17, 15) is 0 Å². The summed E-state index contributed by atoms with van der Waals surface area (Å²) in [6.07, 6.45) is 0. The molecule has 0 saturated carbocycles. The van der Waals surface area contributed by atoms with Gasteiger partial charge in [-0.25, -0.2) is 0 Å². The van der Waals surface area contributed by atoms with Crippen molar-refractivity contribution in [2.45, 2.75) is 0 Å². The Bertz CT molecular complexity index is 1700. The van der Waals surface area contributed by atoms with Gasteiger partial charge in [0.1, 0.15) is 0 Å². The first-order chi connectivity index (χ1) is 17.0. The molecule has 152 valence electrons. The Kier molecular flexibility index (Phi) is 4.04. The van der Waals surface area contributed by atoms with Crippen molar-refractivity contribution in [3.8, 4) is 33.4 Å². The van der Waals surface area contributed by atoms with Crippen molar-refractivity contribution in [2.75, 3.05) is 0 Å². The van der Waals surface area contributed by atoms with Crippen LogP contribution >= 0.6 is 22.9 Å². The second kappa shape index (κ2) is 7.94. The van der Waals surface area contributed by atoms with E-state index < -0.39 is 0 Å². The van der Waals surface area contributed by atoms with E-state index in [0.29, 0.717) is 11.1 Å². The lowest BCUT2D eigenvalue weighted by atomic mass is 9.90. The minimum absolute atomic E-state index is 0.206. The number of thiophene rings is 1. The maximum absolute atomic E-state index is 8.96. The highest BCUT2D eigenvalue weighted by atomic mass is 35.5. The van der Waals surface area contributed by atoms with Crippen molar-refractivity contribution in [2.24, 2.45) is 0 Å². The number of hydrogen-bond acceptors (Lipinski definition) is 1. The van der Waals surface area contributed by atoms with E-state index in [2.05, 4.69) is 24.3 Å². The Morgan fingerprint density at radius 3 is 2.00 bits per heavy atom. The minimum atomic E-state index is 0.206. The fraction of sp³-hybridized carbons (Fsp3) is 0. The van der Waals surface area contributed by atoms with Crippen LogP contribution in [0.3, 0.4) is 0 Å². The van der Waals surface area contributed by atoms with Crippen LogP contribution in [0, 0.1) is 0 Å². The summed E-state index contributed by atoms with van der Waals surface area (Å²) in [5.41, 5.74) is 6.04. The molecule has 6 aromatic rings. The Morgan fingerprint density at radius 2 is 1.25 bits per heavy atom. The molecule has 5 aromatic carbocycles. The van der Waals surface area contributed by atoms with Crippen LogP contribution < -0.4 is 0 Å². The third-order valence-electron chi connectivity index (χ3n) is 5.77. The molecule has 2 heteroatoms. The Hall–Kier alpha value is -3.39. The Balaban J connectivity index is 1.66. The molecule has 0 aliphatic heterocycles. The molecule has 0 nitrogen and oxygen atoms in total. The molecule has 1 heterocycles. The van der Waals surface area contributed by atoms with Crippen LogP contribution in [0.4, 0.5) is 0 Å². The van der Waals surface area contributed by atoms with Gasteiger partial charge in [-0.15, -0.1) is 11.3 Å². The summed E-state index contributed by atoms with van der Waals surface area (Å²) in [6.45, 7) is 0. The molecule has 0 bridgehead atoms. The van der Waals surface area contributed by atoms with Crippen LogP contribution in [0.15, 0.2) is 115 Å². The van der Waals surface area contributed by atoms with Gasteiger partial charge in [-0.1, -0.05) is 103 Å². The predicted octanol–water partition coefficient (Wildman–Crippen LogP) is 9.71. The second-order valence-electron chi connectivity index (χ2n) is 7.69. The Labute approximate surface area is 200 Å². The van der Waals surface area contributed by atoms with Crippen molar-refractivity contribution < 1.29 is 4.11 Å². The average molecular weight is 450 g/mol. The SMILES string of the molecule is [2H]c1cc2sc3cc([2H])c(-c4ccccc4)c(-c4ccc(-c5ccc(Cl)cc5)cc4)c3c2cc1[2H]. The molecule has 0 unspecified atom stereocenters. The van der Waals surface area contributed by atoms with E-state index in [1.807, 2.05) is 60.7 Å². The summed E-state index contributed by atoms with van der Waals surface area (Å²) in [5.74, 6) is 0. The lowest BCUT2D eigenvalue weighted by Gasteiger charge is -2.14. The van der Waals surface area contributed by atoms with Crippen molar-refractivity contribution >= 4 is 43.1 Å². The van der Waals surface area contributed by atoms with Gasteiger partial charge in [0.25, 0.3) is 0 Å². The lowest BCUT2D eigenvalue weighted by molar-refractivity contribution is 1.59. The number of rotatable bonds is 3. The lowest BCUT2D eigenvalue weighted by Crippen LogP contribution is -1.87. The van der Waals surface area contributed by atoms with Gasteiger partial charge >= 0.3 is 0 Å². The zero-order valence-corrected chi connectivity index (χ0v) is 18.6. The third-order valence-corrected chi connectivity index (χ3v) is 7.12. The molecule has 0 amide bonds. The van der Waals surface area contributed by atoms with E-state index in [1.165, 1.54) is 0 Å². The summed E-state index contributed by atoms with van der Waals surface area (Å²) < 4.78 is 27.3. The van der Waals surface area contributed by atoms with Crippen LogP contribution in [-0.4, -0.2) is 0 Å². The summed E-state index contributed by atoms with van der Waals surface area (Å²) in [4.78, 5) is 0. The van der Waals surface area contributed by atoms with E-state index in [-0.39, 0.29) is 12.1 Å². The molecule has 0 N–H and O–H groups in total. The van der Waals surface area contributed by atoms with E-state index in [4.69, 9.17) is 15.7 Å². The molecule has 0 aliphatic rings. The van der Waals surface area contributed by atoms with Gasteiger partial charge in [0, 0.05) is 25.2 Å². The number of fused-ring (bicyclic) bond motifs is 3. The number of hydrogen-bond donors (Lipinski definition) is 0. The maximum atomic E-state index is 8.96. The molecule has 0 atom stereocenters. The zero-order valence-electron chi connectivity index (χ0n) is 20.0. The highest BCUT2D eigenvalue weighted by molar-refractivity contribution is 7.26. The smallest absolute Gasteiger partial charge is 0.0630 e. The van der Waals surface area contributed by atoms with Gasteiger partial charge in [0.2, 0.25) is 0 Å². The van der Waals surface area contributed by atoms with Crippen LogP contribution in [0.25, 0.3) is 53.6 Å². The summed E-state index contributed by atoms with van der Waals surface area (Å²) in [7, 11) is 0. The van der Waals surface area contributed by atoms with Crippen molar-refractivity contribution in [1.82, 2.24) is 0 Å². The van der Waals surface area contributed by atoms with Crippen LogP contribution in [0.5, 0.6) is 0 Å². The molecule has 0 fully saturated rings. The van der Waals surface area contributed by atoms with Gasteiger partial charge < -0.3 is 0 Å². The molecule has 1 aromatic heterocycles. The molecule has 0 radical (unpaired) electrons. The average Bonchev–Trinajstić information content (AvgIpc) is 3.21. The van der Waals surface area contributed by atoms with E-state index in [1.54, 1.807) is 23.5 Å². The summed E-state index contributed by atoms with van der Waals surface area (Å²) >= 11 is 7.64. The highest BCUT2D eigenvalue weighted by Gasteiger charge is 2.16. The molecule has 0 saturated heterocycles. The van der Waals surface area contributed by atoms with Crippen molar-refractivity contribution in [3.63, 3.8) is 0 Å². The predicted molar refractivity (Wildman–Crippen MR) is 141 cm³/mol. The quantitative estimate of drug-likeness (QED) is 0.252. The monoisotopic (exact) mass is 449 g/mol. The molecule has 0 aliphatic carbocycles. The largest absolute Gasteiger partial charge is 0.135 e.